The third kappa shape index (κ3) is 4.26. The SMILES string of the molecule is CCCCc1cc(CCCC)cc(OC)c1. The molecule has 1 aromatic carbocycles. The van der Waals surface area contributed by atoms with Crippen LogP contribution >= 0.6 is 0 Å². The van der Waals surface area contributed by atoms with Crippen molar-refractivity contribution in [2.24, 2.45) is 0 Å². The fraction of sp³-hybridized carbons (Fsp3) is 0.600. The molecule has 0 atom stereocenters. The molecule has 0 aliphatic rings. The summed E-state index contributed by atoms with van der Waals surface area (Å²) in [4.78, 5) is 0. The molecule has 1 nitrogen and oxygen atoms in total. The molecule has 0 fully saturated rings. The lowest BCUT2D eigenvalue weighted by molar-refractivity contribution is 0.413. The quantitative estimate of drug-likeness (QED) is 0.662. The van der Waals surface area contributed by atoms with Crippen molar-refractivity contribution in [3.8, 4) is 5.75 Å². The Labute approximate surface area is 99.8 Å². The smallest absolute Gasteiger partial charge is 0.119 e. The van der Waals surface area contributed by atoms with E-state index in [0.29, 0.717) is 0 Å². The lowest BCUT2D eigenvalue weighted by Gasteiger charge is -2.08. The van der Waals surface area contributed by atoms with E-state index in [1.54, 1.807) is 7.11 Å². The second kappa shape index (κ2) is 7.32. The molecule has 16 heavy (non-hydrogen) atoms. The van der Waals surface area contributed by atoms with Gasteiger partial charge in [0.05, 0.1) is 7.11 Å². The lowest BCUT2D eigenvalue weighted by Crippen LogP contribution is -1.93. The molecule has 0 aliphatic heterocycles. The highest BCUT2D eigenvalue weighted by Crippen LogP contribution is 2.20. The van der Waals surface area contributed by atoms with E-state index >= 15 is 0 Å². The number of hydrogen-bond donors (Lipinski definition) is 0. The van der Waals surface area contributed by atoms with E-state index in [0.717, 1.165) is 5.75 Å². The maximum absolute atomic E-state index is 5.36. The Morgan fingerprint density at radius 3 is 1.75 bits per heavy atom. The first-order valence-corrected chi connectivity index (χ1v) is 6.47. The van der Waals surface area contributed by atoms with Crippen LogP contribution in [0.3, 0.4) is 0 Å². The van der Waals surface area contributed by atoms with Crippen LogP contribution < -0.4 is 4.74 Å². The van der Waals surface area contributed by atoms with Crippen LogP contribution in [0.2, 0.25) is 0 Å². The molecule has 0 aliphatic carbocycles. The molecule has 0 N–H and O–H groups in total. The van der Waals surface area contributed by atoms with Gasteiger partial charge in [-0.25, -0.2) is 0 Å². The summed E-state index contributed by atoms with van der Waals surface area (Å²) < 4.78 is 5.36. The second-order valence-electron chi connectivity index (χ2n) is 4.40. The van der Waals surface area contributed by atoms with Crippen molar-refractivity contribution in [3.05, 3.63) is 29.3 Å². The number of aryl methyl sites for hydroxylation is 2. The highest BCUT2D eigenvalue weighted by molar-refractivity contribution is 5.34. The van der Waals surface area contributed by atoms with Crippen LogP contribution in [-0.4, -0.2) is 7.11 Å². The largest absolute Gasteiger partial charge is 0.497 e. The summed E-state index contributed by atoms with van der Waals surface area (Å²) in [6.45, 7) is 4.47. The normalized spacial score (nSPS) is 10.4. The standard InChI is InChI=1S/C15H24O/c1-4-6-8-13-10-14(9-7-5-2)12-15(11-13)16-3/h10-12H,4-9H2,1-3H3. The van der Waals surface area contributed by atoms with Crippen molar-refractivity contribution in [1.82, 2.24) is 0 Å². The molecule has 0 radical (unpaired) electrons. The number of rotatable bonds is 7. The van der Waals surface area contributed by atoms with Crippen molar-refractivity contribution in [2.45, 2.75) is 52.4 Å². The minimum atomic E-state index is 1.01. The number of unbranched alkanes of at least 4 members (excludes halogenated alkanes) is 2. The highest BCUT2D eigenvalue weighted by atomic mass is 16.5. The summed E-state index contributed by atoms with van der Waals surface area (Å²) in [6.07, 6.45) is 7.38. The Bertz CT molecular complexity index is 278. The Hall–Kier alpha value is -0.980. The van der Waals surface area contributed by atoms with Gasteiger partial charge >= 0.3 is 0 Å². The zero-order chi connectivity index (χ0) is 11.8. The van der Waals surface area contributed by atoms with Gasteiger partial charge in [0.1, 0.15) is 5.75 Å². The Morgan fingerprint density at radius 2 is 1.38 bits per heavy atom. The summed E-state index contributed by atoms with van der Waals surface area (Å²) in [5, 5.41) is 0. The average molecular weight is 220 g/mol. The fourth-order valence-corrected chi connectivity index (χ4v) is 1.90. The molecule has 0 heterocycles. The van der Waals surface area contributed by atoms with E-state index in [2.05, 4.69) is 32.0 Å². The number of ether oxygens (including phenoxy) is 1. The third-order valence-corrected chi connectivity index (χ3v) is 2.90. The molecule has 0 spiro atoms. The number of methoxy groups -OCH3 is 1. The molecule has 0 unspecified atom stereocenters. The van der Waals surface area contributed by atoms with Crippen LogP contribution in [0.15, 0.2) is 18.2 Å². The molecule has 0 saturated heterocycles. The van der Waals surface area contributed by atoms with E-state index in [9.17, 15) is 0 Å². The zero-order valence-electron chi connectivity index (χ0n) is 10.9. The number of benzene rings is 1. The first-order valence-electron chi connectivity index (χ1n) is 6.47. The van der Waals surface area contributed by atoms with Crippen LogP contribution in [0, 0.1) is 0 Å². The Balaban J connectivity index is 2.74. The van der Waals surface area contributed by atoms with Gasteiger partial charge in [-0.05, 0) is 48.9 Å². The Kier molecular flexibility index (Phi) is 5.99. The predicted octanol–water partition coefficient (Wildman–Crippen LogP) is 4.38. The molecule has 1 rings (SSSR count). The summed E-state index contributed by atoms with van der Waals surface area (Å²) in [5.74, 6) is 1.01. The maximum Gasteiger partial charge on any atom is 0.119 e. The van der Waals surface area contributed by atoms with Crippen LogP contribution in [-0.2, 0) is 12.8 Å². The summed E-state index contributed by atoms with van der Waals surface area (Å²) in [6, 6.07) is 6.68. The molecular formula is C15H24O. The molecule has 1 heteroatoms. The van der Waals surface area contributed by atoms with Gasteiger partial charge in [-0.1, -0.05) is 32.8 Å². The van der Waals surface area contributed by atoms with Crippen molar-refractivity contribution in [1.29, 1.82) is 0 Å². The molecule has 90 valence electrons. The maximum atomic E-state index is 5.36. The fourth-order valence-electron chi connectivity index (χ4n) is 1.90. The van der Waals surface area contributed by atoms with Crippen LogP contribution in [0.4, 0.5) is 0 Å². The van der Waals surface area contributed by atoms with E-state index in [1.807, 2.05) is 0 Å². The topological polar surface area (TPSA) is 9.23 Å². The van der Waals surface area contributed by atoms with Crippen molar-refractivity contribution in [3.63, 3.8) is 0 Å². The first-order chi connectivity index (χ1) is 7.80. The van der Waals surface area contributed by atoms with Gasteiger partial charge < -0.3 is 4.74 Å². The zero-order valence-corrected chi connectivity index (χ0v) is 10.9. The molecule has 0 amide bonds. The molecule has 1 aromatic rings. The van der Waals surface area contributed by atoms with Gasteiger partial charge in [0.2, 0.25) is 0 Å². The van der Waals surface area contributed by atoms with Gasteiger partial charge in [0.25, 0.3) is 0 Å². The van der Waals surface area contributed by atoms with Crippen LogP contribution in [0.25, 0.3) is 0 Å². The van der Waals surface area contributed by atoms with Crippen molar-refractivity contribution >= 4 is 0 Å². The minimum Gasteiger partial charge on any atom is -0.497 e. The lowest BCUT2D eigenvalue weighted by atomic mass is 10.0. The monoisotopic (exact) mass is 220 g/mol. The molecular weight excluding hydrogens is 196 g/mol. The molecule has 0 bridgehead atoms. The van der Waals surface area contributed by atoms with Gasteiger partial charge in [-0.3, -0.25) is 0 Å². The predicted molar refractivity (Wildman–Crippen MR) is 70.2 cm³/mol. The summed E-state index contributed by atoms with van der Waals surface area (Å²) >= 11 is 0. The van der Waals surface area contributed by atoms with Crippen LogP contribution in [0.5, 0.6) is 5.75 Å². The average Bonchev–Trinajstić information content (AvgIpc) is 2.33. The summed E-state index contributed by atoms with van der Waals surface area (Å²) in [5.41, 5.74) is 2.85. The van der Waals surface area contributed by atoms with Gasteiger partial charge in [0, 0.05) is 0 Å². The van der Waals surface area contributed by atoms with Gasteiger partial charge in [0.15, 0.2) is 0 Å². The van der Waals surface area contributed by atoms with Gasteiger partial charge in [-0.2, -0.15) is 0 Å². The Morgan fingerprint density at radius 1 is 0.875 bits per heavy atom. The molecule has 0 saturated carbocycles. The van der Waals surface area contributed by atoms with Crippen molar-refractivity contribution < 1.29 is 4.74 Å². The van der Waals surface area contributed by atoms with Crippen molar-refractivity contribution in [2.75, 3.05) is 7.11 Å². The first kappa shape index (κ1) is 13.1. The van der Waals surface area contributed by atoms with E-state index < -0.39 is 0 Å². The van der Waals surface area contributed by atoms with Crippen LogP contribution in [0.1, 0.15) is 50.7 Å². The van der Waals surface area contributed by atoms with E-state index in [1.165, 1.54) is 49.7 Å². The van der Waals surface area contributed by atoms with Gasteiger partial charge in [-0.15, -0.1) is 0 Å². The third-order valence-electron chi connectivity index (χ3n) is 2.90. The molecule has 0 aromatic heterocycles. The highest BCUT2D eigenvalue weighted by Gasteiger charge is 2.01. The summed E-state index contributed by atoms with van der Waals surface area (Å²) in [7, 11) is 1.75. The number of hydrogen-bond acceptors (Lipinski definition) is 1. The van der Waals surface area contributed by atoms with E-state index in [-0.39, 0.29) is 0 Å². The second-order valence-corrected chi connectivity index (χ2v) is 4.40. The van der Waals surface area contributed by atoms with E-state index in [4.69, 9.17) is 4.74 Å². The minimum absolute atomic E-state index is 1.01.